The molecule has 0 fully saturated rings. The smallest absolute Gasteiger partial charge is 0.0543 e. The summed E-state index contributed by atoms with van der Waals surface area (Å²) in [6.07, 6.45) is 1.82. The number of nitrogens with zero attached hydrogens (tertiary/aromatic N) is 2. The van der Waals surface area contributed by atoms with Crippen molar-refractivity contribution in [1.82, 2.24) is 9.88 Å². The van der Waals surface area contributed by atoms with Crippen LogP contribution < -0.4 is 0 Å². The van der Waals surface area contributed by atoms with E-state index in [9.17, 15) is 0 Å². The van der Waals surface area contributed by atoms with E-state index in [1.807, 2.05) is 42.6 Å². The monoisotopic (exact) mass is 246 g/mol. The number of hydrogen-bond donors (Lipinski definition) is 0. The average Bonchev–Trinajstić information content (AvgIpc) is 2.30. The van der Waals surface area contributed by atoms with Gasteiger partial charge in [-0.1, -0.05) is 29.8 Å². The first-order valence-corrected chi connectivity index (χ1v) is 5.95. The van der Waals surface area contributed by atoms with Crippen LogP contribution in [0.4, 0.5) is 0 Å². The minimum absolute atomic E-state index is 0.786. The Labute approximate surface area is 107 Å². The maximum absolute atomic E-state index is 5.96. The normalized spacial score (nSPS) is 10.8. The van der Waals surface area contributed by atoms with Crippen molar-refractivity contribution < 1.29 is 0 Å². The van der Waals surface area contributed by atoms with E-state index in [0.29, 0.717) is 0 Å². The van der Waals surface area contributed by atoms with Gasteiger partial charge in [-0.3, -0.25) is 9.88 Å². The summed E-state index contributed by atoms with van der Waals surface area (Å²) in [5.41, 5.74) is 2.30. The number of halogens is 1. The fourth-order valence-electron chi connectivity index (χ4n) is 1.77. The van der Waals surface area contributed by atoms with Gasteiger partial charge in [0.25, 0.3) is 0 Å². The molecule has 0 aliphatic rings. The molecule has 0 unspecified atom stereocenters. The highest BCUT2D eigenvalue weighted by molar-refractivity contribution is 6.30. The second kappa shape index (κ2) is 5.80. The Morgan fingerprint density at radius 2 is 2.00 bits per heavy atom. The van der Waals surface area contributed by atoms with Crippen molar-refractivity contribution in [2.24, 2.45) is 0 Å². The van der Waals surface area contributed by atoms with Crippen LogP contribution in [-0.4, -0.2) is 16.9 Å². The Bertz CT molecular complexity index is 471. The third-order valence-electron chi connectivity index (χ3n) is 2.50. The molecule has 1 aromatic heterocycles. The molecule has 88 valence electrons. The fraction of sp³-hybridized carbons (Fsp3) is 0.214. The van der Waals surface area contributed by atoms with Gasteiger partial charge in [-0.15, -0.1) is 0 Å². The molecule has 2 aromatic rings. The van der Waals surface area contributed by atoms with Crippen molar-refractivity contribution in [3.8, 4) is 0 Å². The van der Waals surface area contributed by atoms with Crippen LogP contribution in [0.15, 0.2) is 48.7 Å². The summed E-state index contributed by atoms with van der Waals surface area (Å²) in [7, 11) is 2.08. The molecular formula is C14H15ClN2. The van der Waals surface area contributed by atoms with Crippen LogP contribution >= 0.6 is 11.6 Å². The molecule has 0 aliphatic heterocycles. The quantitative estimate of drug-likeness (QED) is 0.822. The summed E-state index contributed by atoms with van der Waals surface area (Å²) in [6.45, 7) is 1.71. The second-order valence-electron chi connectivity index (χ2n) is 4.12. The highest BCUT2D eigenvalue weighted by Gasteiger charge is 2.02. The second-order valence-corrected chi connectivity index (χ2v) is 4.56. The summed E-state index contributed by atoms with van der Waals surface area (Å²) in [5, 5.41) is 0.786. The summed E-state index contributed by atoms with van der Waals surface area (Å²) < 4.78 is 0. The van der Waals surface area contributed by atoms with Crippen molar-refractivity contribution in [2.45, 2.75) is 13.1 Å². The Kier molecular flexibility index (Phi) is 4.13. The lowest BCUT2D eigenvalue weighted by atomic mass is 10.2. The molecule has 2 rings (SSSR count). The Hall–Kier alpha value is -1.38. The van der Waals surface area contributed by atoms with Crippen LogP contribution in [0.1, 0.15) is 11.3 Å². The van der Waals surface area contributed by atoms with Gasteiger partial charge >= 0.3 is 0 Å². The van der Waals surface area contributed by atoms with E-state index in [2.05, 4.69) is 23.0 Å². The highest BCUT2D eigenvalue weighted by Crippen LogP contribution is 2.12. The largest absolute Gasteiger partial charge is 0.296 e. The highest BCUT2D eigenvalue weighted by atomic mass is 35.5. The molecule has 0 radical (unpaired) electrons. The molecule has 1 heterocycles. The molecule has 0 atom stereocenters. The molecule has 3 heteroatoms. The molecule has 0 amide bonds. The third-order valence-corrected chi connectivity index (χ3v) is 2.73. The topological polar surface area (TPSA) is 16.1 Å². The molecule has 17 heavy (non-hydrogen) atoms. The fourth-order valence-corrected chi connectivity index (χ4v) is 1.98. The third kappa shape index (κ3) is 3.84. The van der Waals surface area contributed by atoms with Gasteiger partial charge in [0, 0.05) is 24.3 Å². The van der Waals surface area contributed by atoms with E-state index >= 15 is 0 Å². The van der Waals surface area contributed by atoms with Gasteiger partial charge in [-0.25, -0.2) is 0 Å². The Morgan fingerprint density at radius 3 is 2.71 bits per heavy atom. The van der Waals surface area contributed by atoms with Crippen molar-refractivity contribution in [1.29, 1.82) is 0 Å². The van der Waals surface area contributed by atoms with Crippen LogP contribution in [0.2, 0.25) is 5.02 Å². The maximum Gasteiger partial charge on any atom is 0.0543 e. The van der Waals surface area contributed by atoms with Crippen LogP contribution in [0.3, 0.4) is 0 Å². The van der Waals surface area contributed by atoms with E-state index in [1.165, 1.54) is 5.56 Å². The van der Waals surface area contributed by atoms with E-state index in [0.717, 1.165) is 23.8 Å². The average molecular weight is 247 g/mol. The molecule has 2 nitrogen and oxygen atoms in total. The van der Waals surface area contributed by atoms with Gasteiger partial charge in [0.2, 0.25) is 0 Å². The predicted octanol–water partition coefficient (Wildman–Crippen LogP) is 3.37. The molecule has 0 N–H and O–H groups in total. The van der Waals surface area contributed by atoms with Crippen molar-refractivity contribution in [2.75, 3.05) is 7.05 Å². The minimum Gasteiger partial charge on any atom is -0.296 e. The number of aromatic nitrogens is 1. The van der Waals surface area contributed by atoms with Gasteiger partial charge in [0.05, 0.1) is 5.69 Å². The van der Waals surface area contributed by atoms with E-state index in [-0.39, 0.29) is 0 Å². The standard InChI is InChI=1S/C14H15ClN2/c1-17(11-14-7-2-3-8-16-14)10-12-5-4-6-13(15)9-12/h2-9H,10-11H2,1H3. The Morgan fingerprint density at radius 1 is 1.12 bits per heavy atom. The Balaban J connectivity index is 1.96. The molecule has 0 saturated heterocycles. The lowest BCUT2D eigenvalue weighted by molar-refractivity contribution is 0.315. The first-order chi connectivity index (χ1) is 8.24. The van der Waals surface area contributed by atoms with Crippen LogP contribution in [0.5, 0.6) is 0 Å². The molecule has 1 aromatic carbocycles. The first-order valence-electron chi connectivity index (χ1n) is 5.57. The summed E-state index contributed by atoms with van der Waals surface area (Å²) >= 11 is 5.96. The number of pyridine rings is 1. The molecular weight excluding hydrogens is 232 g/mol. The van der Waals surface area contributed by atoms with E-state index in [4.69, 9.17) is 11.6 Å². The predicted molar refractivity (Wildman–Crippen MR) is 70.9 cm³/mol. The summed E-state index contributed by atoms with van der Waals surface area (Å²) in [6, 6.07) is 13.9. The number of benzene rings is 1. The van der Waals surface area contributed by atoms with Crippen LogP contribution in [-0.2, 0) is 13.1 Å². The zero-order valence-corrected chi connectivity index (χ0v) is 10.6. The van der Waals surface area contributed by atoms with Crippen LogP contribution in [0.25, 0.3) is 0 Å². The SMILES string of the molecule is CN(Cc1cccc(Cl)c1)Cc1ccccn1. The number of rotatable bonds is 4. The van der Waals surface area contributed by atoms with Gasteiger partial charge in [-0.05, 0) is 36.9 Å². The van der Waals surface area contributed by atoms with E-state index in [1.54, 1.807) is 0 Å². The molecule has 0 saturated carbocycles. The lowest BCUT2D eigenvalue weighted by Crippen LogP contribution is -2.17. The lowest BCUT2D eigenvalue weighted by Gasteiger charge is -2.16. The molecule has 0 bridgehead atoms. The van der Waals surface area contributed by atoms with Crippen molar-refractivity contribution in [3.05, 3.63) is 64.9 Å². The summed E-state index contributed by atoms with van der Waals surface area (Å²) in [4.78, 5) is 6.53. The zero-order valence-electron chi connectivity index (χ0n) is 9.81. The van der Waals surface area contributed by atoms with Gasteiger partial charge in [0.15, 0.2) is 0 Å². The molecule has 0 spiro atoms. The minimum atomic E-state index is 0.786. The van der Waals surface area contributed by atoms with Crippen molar-refractivity contribution >= 4 is 11.6 Å². The first kappa shape index (κ1) is 12.1. The van der Waals surface area contributed by atoms with E-state index < -0.39 is 0 Å². The van der Waals surface area contributed by atoms with Crippen LogP contribution in [0, 0.1) is 0 Å². The van der Waals surface area contributed by atoms with Crippen molar-refractivity contribution in [3.63, 3.8) is 0 Å². The van der Waals surface area contributed by atoms with Gasteiger partial charge < -0.3 is 0 Å². The molecule has 0 aliphatic carbocycles. The number of hydrogen-bond acceptors (Lipinski definition) is 2. The van der Waals surface area contributed by atoms with Gasteiger partial charge in [-0.2, -0.15) is 0 Å². The zero-order chi connectivity index (χ0) is 12.1. The summed E-state index contributed by atoms with van der Waals surface area (Å²) in [5.74, 6) is 0. The maximum atomic E-state index is 5.96. The van der Waals surface area contributed by atoms with Gasteiger partial charge in [0.1, 0.15) is 0 Å².